The molecule has 0 saturated carbocycles. The van der Waals surface area contributed by atoms with E-state index in [-0.39, 0.29) is 6.04 Å². The smallest absolute Gasteiger partial charge is 0.0485 e. The second-order valence-electron chi connectivity index (χ2n) is 8.68. The number of hydrogen-bond acceptors (Lipinski definition) is 1. The van der Waals surface area contributed by atoms with Crippen LogP contribution in [-0.4, -0.2) is 0 Å². The zero-order chi connectivity index (χ0) is 22.5. The molecule has 1 heteroatoms. The molecule has 0 radical (unpaired) electrons. The van der Waals surface area contributed by atoms with E-state index in [1.54, 1.807) is 0 Å². The zero-order valence-corrected chi connectivity index (χ0v) is 19.3. The number of fused-ring (bicyclic) bond motifs is 1. The van der Waals surface area contributed by atoms with Crippen LogP contribution in [0.3, 0.4) is 0 Å². The fourth-order valence-electron chi connectivity index (χ4n) is 4.53. The fourth-order valence-corrected chi connectivity index (χ4v) is 4.53. The van der Waals surface area contributed by atoms with Crippen LogP contribution >= 0.6 is 0 Å². The van der Waals surface area contributed by atoms with Crippen molar-refractivity contribution < 1.29 is 0 Å². The lowest BCUT2D eigenvalue weighted by Crippen LogP contribution is -2.17. The van der Waals surface area contributed by atoms with Gasteiger partial charge in [-0.2, -0.15) is 0 Å². The van der Waals surface area contributed by atoms with Crippen LogP contribution < -0.4 is 5.32 Å². The highest BCUT2D eigenvalue weighted by Gasteiger charge is 2.13. The summed E-state index contributed by atoms with van der Waals surface area (Å²) in [6.45, 7) is 13.0. The maximum atomic E-state index is 4.39. The Morgan fingerprint density at radius 3 is 2.44 bits per heavy atom. The van der Waals surface area contributed by atoms with Gasteiger partial charge in [-0.25, -0.2) is 0 Å². The molecular formula is C31H33N. The minimum absolute atomic E-state index is 0.203. The van der Waals surface area contributed by atoms with Crippen molar-refractivity contribution in [1.82, 2.24) is 5.32 Å². The summed E-state index contributed by atoms with van der Waals surface area (Å²) in [6.07, 6.45) is 17.7. The Morgan fingerprint density at radius 2 is 1.66 bits per heavy atom. The molecule has 0 bridgehead atoms. The molecule has 4 rings (SSSR count). The predicted octanol–water partition coefficient (Wildman–Crippen LogP) is 8.20. The molecule has 2 aliphatic rings. The average Bonchev–Trinajstić information content (AvgIpc) is 2.84. The molecule has 0 spiro atoms. The van der Waals surface area contributed by atoms with Crippen LogP contribution in [0, 0.1) is 0 Å². The molecule has 0 aromatic heterocycles. The highest BCUT2D eigenvalue weighted by molar-refractivity contribution is 5.82. The molecule has 1 N–H and O–H groups in total. The molecule has 0 amide bonds. The van der Waals surface area contributed by atoms with Crippen LogP contribution in [0.25, 0.3) is 17.3 Å². The Morgan fingerprint density at radius 1 is 0.938 bits per heavy atom. The van der Waals surface area contributed by atoms with Gasteiger partial charge in [-0.05, 0) is 84.1 Å². The van der Waals surface area contributed by atoms with Crippen LogP contribution in [0.4, 0.5) is 0 Å². The van der Waals surface area contributed by atoms with Gasteiger partial charge in [-0.1, -0.05) is 92.1 Å². The molecule has 0 fully saturated rings. The maximum absolute atomic E-state index is 4.39. The number of rotatable bonds is 7. The summed E-state index contributed by atoms with van der Waals surface area (Å²) in [7, 11) is 0. The first-order chi connectivity index (χ1) is 15.6. The van der Waals surface area contributed by atoms with Crippen LogP contribution in [-0.2, 0) is 6.42 Å². The van der Waals surface area contributed by atoms with Crippen molar-refractivity contribution in [1.29, 1.82) is 0 Å². The molecule has 0 heterocycles. The molecule has 0 aliphatic heterocycles. The molecule has 1 nitrogen and oxygen atoms in total. The lowest BCUT2D eigenvalue weighted by Gasteiger charge is -2.20. The third-order valence-electron chi connectivity index (χ3n) is 6.42. The van der Waals surface area contributed by atoms with Crippen molar-refractivity contribution in [2.45, 2.75) is 45.6 Å². The number of hydrogen-bond donors (Lipinski definition) is 1. The largest absolute Gasteiger partial charge is 0.379 e. The van der Waals surface area contributed by atoms with Crippen LogP contribution in [0.2, 0.25) is 0 Å². The standard InChI is InChI=1S/C31H33N/c1-5-10-28-12-8-9-14-31(28)22(2)25-15-17-26(18-16-25)23(3)32-24(4)29-20-19-27-11-6-7-13-30(27)21-29/h5-6,9-11,14-21,24,32H,2-3,7-8,12-13H2,1,4H3/b10-5-. The summed E-state index contributed by atoms with van der Waals surface area (Å²) in [6, 6.07) is 15.6. The number of aryl methyl sites for hydroxylation is 1. The van der Waals surface area contributed by atoms with Gasteiger partial charge in [0.05, 0.1) is 0 Å². The highest BCUT2D eigenvalue weighted by atomic mass is 14.9. The Labute approximate surface area is 193 Å². The molecule has 2 aliphatic carbocycles. The lowest BCUT2D eigenvalue weighted by molar-refractivity contribution is 0.700. The van der Waals surface area contributed by atoms with Gasteiger partial charge in [-0.15, -0.1) is 0 Å². The normalized spacial score (nSPS) is 16.2. The van der Waals surface area contributed by atoms with Gasteiger partial charge in [-0.3, -0.25) is 0 Å². The second-order valence-corrected chi connectivity index (χ2v) is 8.68. The Bertz CT molecular complexity index is 1140. The molecular weight excluding hydrogens is 386 g/mol. The van der Waals surface area contributed by atoms with Crippen LogP contribution in [0.15, 0.2) is 97.1 Å². The first-order valence-corrected chi connectivity index (χ1v) is 11.6. The molecule has 32 heavy (non-hydrogen) atoms. The predicted molar refractivity (Wildman–Crippen MR) is 140 cm³/mol. The van der Waals surface area contributed by atoms with E-state index in [0.29, 0.717) is 0 Å². The monoisotopic (exact) mass is 419 g/mol. The second kappa shape index (κ2) is 9.87. The van der Waals surface area contributed by atoms with E-state index >= 15 is 0 Å². The van der Waals surface area contributed by atoms with Gasteiger partial charge >= 0.3 is 0 Å². The van der Waals surface area contributed by atoms with Gasteiger partial charge in [0.25, 0.3) is 0 Å². The molecule has 0 saturated heterocycles. The number of nitrogens with one attached hydrogen (secondary N) is 1. The maximum Gasteiger partial charge on any atom is 0.0485 e. The van der Waals surface area contributed by atoms with E-state index in [4.69, 9.17) is 0 Å². The van der Waals surface area contributed by atoms with Gasteiger partial charge in [0.2, 0.25) is 0 Å². The summed E-state index contributed by atoms with van der Waals surface area (Å²) in [4.78, 5) is 0. The van der Waals surface area contributed by atoms with E-state index in [1.165, 1.54) is 27.8 Å². The molecule has 162 valence electrons. The highest BCUT2D eigenvalue weighted by Crippen LogP contribution is 2.31. The van der Waals surface area contributed by atoms with E-state index in [2.05, 4.69) is 111 Å². The summed E-state index contributed by atoms with van der Waals surface area (Å²) in [5, 5.41) is 3.59. The van der Waals surface area contributed by atoms with Gasteiger partial charge in [0.1, 0.15) is 0 Å². The van der Waals surface area contributed by atoms with E-state index in [0.717, 1.165) is 48.1 Å². The summed E-state index contributed by atoms with van der Waals surface area (Å²) in [5.74, 6) is 0. The first-order valence-electron chi connectivity index (χ1n) is 11.6. The zero-order valence-electron chi connectivity index (χ0n) is 19.3. The van der Waals surface area contributed by atoms with E-state index in [9.17, 15) is 0 Å². The third-order valence-corrected chi connectivity index (χ3v) is 6.42. The first kappa shape index (κ1) is 21.9. The number of benzene rings is 2. The quantitative estimate of drug-likeness (QED) is 0.477. The molecule has 1 unspecified atom stereocenters. The lowest BCUT2D eigenvalue weighted by atomic mass is 9.89. The molecule has 2 aromatic carbocycles. The average molecular weight is 420 g/mol. The Balaban J connectivity index is 1.46. The summed E-state index contributed by atoms with van der Waals surface area (Å²) < 4.78 is 0. The molecule has 1 atom stereocenters. The van der Waals surface area contributed by atoms with Crippen molar-refractivity contribution >= 4 is 17.3 Å². The van der Waals surface area contributed by atoms with Crippen molar-refractivity contribution in [2.75, 3.05) is 0 Å². The van der Waals surface area contributed by atoms with Gasteiger partial charge < -0.3 is 5.32 Å². The van der Waals surface area contributed by atoms with Gasteiger partial charge in [0.15, 0.2) is 0 Å². The van der Waals surface area contributed by atoms with Gasteiger partial charge in [0, 0.05) is 11.7 Å². The van der Waals surface area contributed by atoms with Crippen LogP contribution in [0.1, 0.15) is 67.0 Å². The van der Waals surface area contributed by atoms with Crippen molar-refractivity contribution in [3.63, 3.8) is 0 Å². The fraction of sp³-hybridized carbons (Fsp3) is 0.226. The Hall–Kier alpha value is -3.32. The minimum atomic E-state index is 0.203. The van der Waals surface area contributed by atoms with Crippen molar-refractivity contribution in [3.05, 3.63) is 125 Å². The summed E-state index contributed by atoms with van der Waals surface area (Å²) >= 11 is 0. The molecule has 2 aromatic rings. The van der Waals surface area contributed by atoms with E-state index in [1.807, 2.05) is 0 Å². The summed E-state index contributed by atoms with van der Waals surface area (Å²) in [5.41, 5.74) is 11.0. The Kier molecular flexibility index (Phi) is 6.75. The van der Waals surface area contributed by atoms with Crippen LogP contribution in [0.5, 0.6) is 0 Å². The topological polar surface area (TPSA) is 12.0 Å². The third kappa shape index (κ3) is 4.78. The SMILES string of the molecule is C=C(NC(C)c1ccc2c(c1)CCC=C2)c1ccc(C(=C)C2=C(/C=C\C)CCC=C2)cc1. The minimum Gasteiger partial charge on any atom is -0.379 e. The van der Waals surface area contributed by atoms with Crippen molar-refractivity contribution in [3.8, 4) is 0 Å². The van der Waals surface area contributed by atoms with E-state index < -0.39 is 0 Å². The van der Waals surface area contributed by atoms with Crippen molar-refractivity contribution in [2.24, 2.45) is 0 Å². The number of allylic oxidation sites excluding steroid dienone is 8.